The molecule has 0 fully saturated rings. The number of rotatable bonds is 2. The quantitative estimate of drug-likeness (QED) is 0.923. The number of halogens is 4. The van der Waals surface area contributed by atoms with E-state index in [1.807, 2.05) is 0 Å². The zero-order chi connectivity index (χ0) is 13.3. The molecular formula is C9H7BrF3N5. The van der Waals surface area contributed by atoms with Crippen LogP contribution in [0.2, 0.25) is 0 Å². The highest BCUT2D eigenvalue weighted by atomic mass is 79.9. The minimum Gasteiger partial charge on any atom is -0.357 e. The first-order valence-corrected chi connectivity index (χ1v) is 5.54. The third-order valence-corrected chi connectivity index (χ3v) is 2.42. The van der Waals surface area contributed by atoms with Gasteiger partial charge in [-0.1, -0.05) is 0 Å². The smallest absolute Gasteiger partial charge is 0.357 e. The van der Waals surface area contributed by atoms with Crippen LogP contribution in [0, 0.1) is 0 Å². The van der Waals surface area contributed by atoms with Gasteiger partial charge in [0.05, 0.1) is 10.7 Å². The summed E-state index contributed by atoms with van der Waals surface area (Å²) in [4.78, 5) is 7.26. The van der Waals surface area contributed by atoms with Gasteiger partial charge in [-0.3, -0.25) is 0 Å². The molecule has 0 aromatic carbocycles. The van der Waals surface area contributed by atoms with E-state index in [9.17, 15) is 13.2 Å². The molecule has 0 aliphatic carbocycles. The Kier molecular flexibility index (Phi) is 3.24. The fourth-order valence-electron chi connectivity index (χ4n) is 1.23. The number of aromatic nitrogens is 4. The molecule has 2 aromatic rings. The summed E-state index contributed by atoms with van der Waals surface area (Å²) >= 11 is 3.16. The van der Waals surface area contributed by atoms with Gasteiger partial charge in [-0.25, -0.2) is 9.67 Å². The van der Waals surface area contributed by atoms with Crippen LogP contribution in [0.25, 0.3) is 5.82 Å². The third-order valence-electron chi connectivity index (χ3n) is 2.01. The van der Waals surface area contributed by atoms with E-state index in [4.69, 9.17) is 0 Å². The lowest BCUT2D eigenvalue weighted by Gasteiger charge is -2.09. The Morgan fingerprint density at radius 1 is 1.33 bits per heavy atom. The molecule has 0 aliphatic rings. The van der Waals surface area contributed by atoms with Gasteiger partial charge in [-0.05, 0) is 15.9 Å². The minimum absolute atomic E-state index is 0.0346. The van der Waals surface area contributed by atoms with Gasteiger partial charge in [-0.2, -0.15) is 23.3 Å². The van der Waals surface area contributed by atoms with Gasteiger partial charge in [0.1, 0.15) is 0 Å². The molecule has 1 N–H and O–H groups in total. The molecule has 9 heteroatoms. The van der Waals surface area contributed by atoms with E-state index in [0.717, 1.165) is 6.07 Å². The van der Waals surface area contributed by atoms with E-state index in [0.29, 0.717) is 4.47 Å². The van der Waals surface area contributed by atoms with Crippen molar-refractivity contribution >= 4 is 21.9 Å². The van der Waals surface area contributed by atoms with Crippen molar-refractivity contribution in [1.29, 1.82) is 0 Å². The topological polar surface area (TPSA) is 55.6 Å². The largest absolute Gasteiger partial charge is 0.433 e. The van der Waals surface area contributed by atoms with Crippen molar-refractivity contribution in [3.05, 3.63) is 28.6 Å². The van der Waals surface area contributed by atoms with Crippen LogP contribution in [0.3, 0.4) is 0 Å². The van der Waals surface area contributed by atoms with E-state index in [1.54, 1.807) is 0 Å². The third kappa shape index (κ3) is 2.61. The predicted octanol–water partition coefficient (Wildman–Crippen LogP) is 2.49. The second kappa shape index (κ2) is 4.56. The molecule has 0 unspecified atom stereocenters. The number of nitrogens with zero attached hydrogens (tertiary/aromatic N) is 4. The Hall–Kier alpha value is -1.64. The zero-order valence-corrected chi connectivity index (χ0v) is 10.6. The molecule has 2 rings (SSSR count). The summed E-state index contributed by atoms with van der Waals surface area (Å²) in [5, 5.41) is 6.35. The monoisotopic (exact) mass is 321 g/mol. The average Bonchev–Trinajstić information content (AvgIpc) is 2.74. The predicted molar refractivity (Wildman–Crippen MR) is 61.4 cm³/mol. The highest BCUT2D eigenvalue weighted by Crippen LogP contribution is 2.29. The zero-order valence-electron chi connectivity index (χ0n) is 9.03. The van der Waals surface area contributed by atoms with Crippen LogP contribution >= 0.6 is 15.9 Å². The summed E-state index contributed by atoms with van der Waals surface area (Å²) in [5.74, 6) is -0.0844. The number of nitrogens with one attached hydrogen (secondary N) is 1. The molecule has 0 spiro atoms. The Labute approximate surface area is 108 Å². The minimum atomic E-state index is -4.53. The summed E-state index contributed by atoms with van der Waals surface area (Å²) in [5.41, 5.74) is -1.02. The van der Waals surface area contributed by atoms with Crippen LogP contribution < -0.4 is 5.32 Å². The number of alkyl halides is 3. The maximum atomic E-state index is 12.6. The van der Waals surface area contributed by atoms with Crippen molar-refractivity contribution in [2.45, 2.75) is 6.18 Å². The lowest BCUT2D eigenvalue weighted by atomic mass is 10.4. The molecule has 2 aromatic heterocycles. The first-order valence-electron chi connectivity index (χ1n) is 4.75. The molecule has 0 amide bonds. The van der Waals surface area contributed by atoms with Crippen molar-refractivity contribution in [3.63, 3.8) is 0 Å². The van der Waals surface area contributed by atoms with Crippen LogP contribution in [-0.2, 0) is 6.18 Å². The van der Waals surface area contributed by atoms with Gasteiger partial charge >= 0.3 is 6.18 Å². The molecule has 0 saturated heterocycles. The van der Waals surface area contributed by atoms with Gasteiger partial charge in [0.2, 0.25) is 5.95 Å². The number of hydrogen-bond donors (Lipinski definition) is 1. The van der Waals surface area contributed by atoms with Crippen LogP contribution in [0.5, 0.6) is 0 Å². The highest BCUT2D eigenvalue weighted by molar-refractivity contribution is 9.10. The van der Waals surface area contributed by atoms with Gasteiger partial charge in [0.15, 0.2) is 11.5 Å². The molecule has 18 heavy (non-hydrogen) atoms. The number of hydrogen-bond acceptors (Lipinski definition) is 4. The Morgan fingerprint density at radius 3 is 2.56 bits per heavy atom. The summed E-state index contributed by atoms with van der Waals surface area (Å²) in [6.07, 6.45) is -1.58. The number of anilines is 1. The van der Waals surface area contributed by atoms with E-state index >= 15 is 0 Å². The van der Waals surface area contributed by atoms with Crippen LogP contribution in [-0.4, -0.2) is 26.8 Å². The fourth-order valence-corrected chi connectivity index (χ4v) is 1.52. The lowest BCUT2D eigenvalue weighted by Crippen LogP contribution is -2.13. The standard InChI is InChI=1S/C9H7BrF3N5/c1-14-8-16-6(9(11,12)13)2-7(17-8)18-4-5(10)3-15-18/h2-4H,1H3,(H,14,16,17). The second-order valence-electron chi connectivity index (χ2n) is 3.29. The van der Waals surface area contributed by atoms with E-state index in [-0.39, 0.29) is 11.8 Å². The molecular weight excluding hydrogens is 315 g/mol. The summed E-state index contributed by atoms with van der Waals surface area (Å²) in [7, 11) is 1.44. The van der Waals surface area contributed by atoms with Gasteiger partial charge in [0.25, 0.3) is 0 Å². The molecule has 5 nitrogen and oxygen atoms in total. The van der Waals surface area contributed by atoms with Crippen molar-refractivity contribution in [1.82, 2.24) is 19.7 Å². The summed E-state index contributed by atoms with van der Waals surface area (Å²) in [6, 6.07) is 0.834. The molecule has 2 heterocycles. The fraction of sp³-hybridized carbons (Fsp3) is 0.222. The normalized spacial score (nSPS) is 11.6. The molecule has 96 valence electrons. The van der Waals surface area contributed by atoms with Crippen molar-refractivity contribution in [2.75, 3.05) is 12.4 Å². The van der Waals surface area contributed by atoms with Gasteiger partial charge in [0, 0.05) is 19.3 Å². The molecule has 0 saturated carbocycles. The average molecular weight is 322 g/mol. The summed E-state index contributed by atoms with van der Waals surface area (Å²) < 4.78 is 39.8. The van der Waals surface area contributed by atoms with E-state index in [2.05, 4.69) is 36.3 Å². The van der Waals surface area contributed by atoms with E-state index < -0.39 is 11.9 Å². The van der Waals surface area contributed by atoms with Crippen molar-refractivity contribution < 1.29 is 13.2 Å². The Balaban J connectivity index is 2.54. The maximum Gasteiger partial charge on any atom is 0.433 e. The van der Waals surface area contributed by atoms with Gasteiger partial charge < -0.3 is 5.32 Å². The van der Waals surface area contributed by atoms with Gasteiger partial charge in [-0.15, -0.1) is 0 Å². The molecule has 0 aliphatic heterocycles. The van der Waals surface area contributed by atoms with E-state index in [1.165, 1.54) is 24.1 Å². The van der Waals surface area contributed by atoms with Crippen molar-refractivity contribution in [3.8, 4) is 5.82 Å². The first kappa shape index (κ1) is 12.8. The molecule has 0 atom stereocenters. The van der Waals surface area contributed by atoms with Crippen molar-refractivity contribution in [2.24, 2.45) is 0 Å². The van der Waals surface area contributed by atoms with Crippen LogP contribution in [0.15, 0.2) is 22.9 Å². The summed E-state index contributed by atoms with van der Waals surface area (Å²) in [6.45, 7) is 0. The molecule has 0 bridgehead atoms. The maximum absolute atomic E-state index is 12.6. The second-order valence-corrected chi connectivity index (χ2v) is 4.20. The highest BCUT2D eigenvalue weighted by Gasteiger charge is 2.33. The SMILES string of the molecule is CNc1nc(-n2cc(Br)cn2)cc(C(F)(F)F)n1. The Morgan fingerprint density at radius 2 is 2.06 bits per heavy atom. The lowest BCUT2D eigenvalue weighted by molar-refractivity contribution is -0.141. The first-order chi connectivity index (χ1) is 8.40. The van der Waals surface area contributed by atoms with Crippen LogP contribution in [0.4, 0.5) is 19.1 Å². The molecule has 0 radical (unpaired) electrons. The van der Waals surface area contributed by atoms with Crippen LogP contribution in [0.1, 0.15) is 5.69 Å². The Bertz CT molecular complexity index is 566.